The molecule has 15 heavy (non-hydrogen) atoms. The van der Waals surface area contributed by atoms with Gasteiger partial charge in [0.25, 0.3) is 0 Å². The van der Waals surface area contributed by atoms with Crippen LogP contribution < -0.4 is 16.4 Å². The van der Waals surface area contributed by atoms with Gasteiger partial charge in [0.15, 0.2) is 0 Å². The van der Waals surface area contributed by atoms with E-state index in [2.05, 4.69) is 10.6 Å². The molecule has 1 aromatic rings. The van der Waals surface area contributed by atoms with Crippen LogP contribution in [0.4, 0.5) is 16.2 Å². The smallest absolute Gasteiger partial charge is 0.316 e. The van der Waals surface area contributed by atoms with Crippen molar-refractivity contribution in [2.24, 2.45) is 5.73 Å². The molecule has 0 aliphatic heterocycles. The van der Waals surface area contributed by atoms with Gasteiger partial charge < -0.3 is 26.6 Å². The first kappa shape index (κ1) is 11.1. The number of aliphatic hydroxyl groups is 1. The predicted molar refractivity (Wildman–Crippen MR) is 56.9 cm³/mol. The van der Waals surface area contributed by atoms with Crippen LogP contribution >= 0.6 is 0 Å². The molecule has 6 N–H and O–H groups in total. The molecular formula is C9H13N3O3. The number of nitrogens with one attached hydrogen (secondary N) is 2. The maximum atomic E-state index is 10.6. The zero-order valence-corrected chi connectivity index (χ0v) is 8.03. The summed E-state index contributed by atoms with van der Waals surface area (Å²) in [6, 6.07) is 3.82. The maximum Gasteiger partial charge on any atom is 0.316 e. The quantitative estimate of drug-likeness (QED) is 0.364. The molecule has 6 nitrogen and oxygen atoms in total. The Hall–Kier alpha value is -1.95. The van der Waals surface area contributed by atoms with Gasteiger partial charge in [0.2, 0.25) is 0 Å². The molecule has 0 saturated carbocycles. The van der Waals surface area contributed by atoms with E-state index in [1.165, 1.54) is 12.1 Å². The summed E-state index contributed by atoms with van der Waals surface area (Å²) in [4.78, 5) is 10.6. The van der Waals surface area contributed by atoms with Gasteiger partial charge in [-0.25, -0.2) is 4.79 Å². The van der Waals surface area contributed by atoms with E-state index >= 15 is 0 Å². The van der Waals surface area contributed by atoms with Crippen molar-refractivity contribution in [2.75, 3.05) is 23.8 Å². The number of benzene rings is 1. The lowest BCUT2D eigenvalue weighted by Gasteiger charge is -2.09. The lowest BCUT2D eigenvalue weighted by molar-refractivity contribution is 0.259. The van der Waals surface area contributed by atoms with Gasteiger partial charge in [-0.05, 0) is 18.2 Å². The van der Waals surface area contributed by atoms with Crippen LogP contribution in [0.25, 0.3) is 0 Å². The van der Waals surface area contributed by atoms with Gasteiger partial charge in [-0.15, -0.1) is 0 Å². The second-order valence-electron chi connectivity index (χ2n) is 2.87. The minimum atomic E-state index is -0.746. The molecule has 0 heterocycles. The second kappa shape index (κ2) is 5.06. The van der Waals surface area contributed by atoms with Crippen LogP contribution in [0.2, 0.25) is 0 Å². The van der Waals surface area contributed by atoms with Crippen LogP contribution in [0.1, 0.15) is 0 Å². The number of aromatic hydroxyl groups is 1. The Bertz CT molecular complexity index is 354. The van der Waals surface area contributed by atoms with Gasteiger partial charge in [-0.2, -0.15) is 0 Å². The minimum Gasteiger partial charge on any atom is -0.506 e. The fourth-order valence-electron chi connectivity index (χ4n) is 1.08. The molecular weight excluding hydrogens is 198 g/mol. The molecule has 2 amide bonds. The molecule has 0 spiro atoms. The number of phenolic OH excluding ortho intramolecular Hbond substituents is 1. The second-order valence-corrected chi connectivity index (χ2v) is 2.87. The lowest BCUT2D eigenvalue weighted by atomic mass is 10.2. The first-order chi connectivity index (χ1) is 7.13. The zero-order valence-electron chi connectivity index (χ0n) is 8.03. The highest BCUT2D eigenvalue weighted by atomic mass is 16.3. The van der Waals surface area contributed by atoms with Crippen molar-refractivity contribution in [3.8, 4) is 5.75 Å². The van der Waals surface area contributed by atoms with Gasteiger partial charge >= 0.3 is 6.03 Å². The molecule has 0 bridgehead atoms. The monoisotopic (exact) mass is 211 g/mol. The number of amides is 2. The highest BCUT2D eigenvalue weighted by Gasteiger charge is 2.04. The molecule has 82 valence electrons. The number of urea groups is 1. The summed E-state index contributed by atoms with van der Waals surface area (Å²) in [5.41, 5.74) is 5.82. The maximum absolute atomic E-state index is 10.6. The zero-order chi connectivity index (χ0) is 11.3. The number of aliphatic hydroxyl groups excluding tert-OH is 1. The minimum absolute atomic E-state index is 0.000538. The fraction of sp³-hybridized carbons (Fsp3) is 0.222. The van der Waals surface area contributed by atoms with Crippen molar-refractivity contribution < 1.29 is 15.0 Å². The van der Waals surface area contributed by atoms with Crippen molar-refractivity contribution >= 4 is 17.4 Å². The van der Waals surface area contributed by atoms with E-state index in [0.29, 0.717) is 12.2 Å². The Morgan fingerprint density at radius 1 is 1.47 bits per heavy atom. The summed E-state index contributed by atoms with van der Waals surface area (Å²) in [7, 11) is 0. The SMILES string of the molecule is NC(=O)Nc1cc(NCCO)ccc1O. The van der Waals surface area contributed by atoms with Crippen molar-refractivity contribution in [3.05, 3.63) is 18.2 Å². The third kappa shape index (κ3) is 3.35. The van der Waals surface area contributed by atoms with E-state index in [9.17, 15) is 9.90 Å². The largest absolute Gasteiger partial charge is 0.506 e. The van der Waals surface area contributed by atoms with Crippen LogP contribution in [0.3, 0.4) is 0 Å². The number of anilines is 2. The standard InChI is InChI=1S/C9H13N3O3/c10-9(15)12-7-5-6(11-3-4-13)1-2-8(7)14/h1-2,5,11,13-14H,3-4H2,(H3,10,12,15). The number of carbonyl (C=O) groups excluding carboxylic acids is 1. The van der Waals surface area contributed by atoms with Crippen molar-refractivity contribution in [3.63, 3.8) is 0 Å². The van der Waals surface area contributed by atoms with Gasteiger partial charge in [-0.1, -0.05) is 0 Å². The molecule has 0 atom stereocenters. The summed E-state index contributed by atoms with van der Waals surface area (Å²) in [6.07, 6.45) is 0. The Kier molecular flexibility index (Phi) is 3.75. The predicted octanol–water partition coefficient (Wildman–Crippen LogP) is 0.287. The number of phenols is 1. The molecule has 0 aliphatic rings. The number of nitrogens with two attached hydrogens (primary N) is 1. The Morgan fingerprint density at radius 3 is 2.80 bits per heavy atom. The van der Waals surface area contributed by atoms with E-state index in [1.807, 2.05) is 0 Å². The summed E-state index contributed by atoms with van der Waals surface area (Å²) < 4.78 is 0. The highest BCUT2D eigenvalue weighted by molar-refractivity contribution is 5.90. The van der Waals surface area contributed by atoms with E-state index in [-0.39, 0.29) is 18.0 Å². The first-order valence-corrected chi connectivity index (χ1v) is 4.37. The first-order valence-electron chi connectivity index (χ1n) is 4.37. The van der Waals surface area contributed by atoms with E-state index in [1.54, 1.807) is 6.07 Å². The van der Waals surface area contributed by atoms with Crippen LogP contribution in [0.5, 0.6) is 5.75 Å². The van der Waals surface area contributed by atoms with Crippen molar-refractivity contribution in [2.45, 2.75) is 0 Å². The molecule has 0 aliphatic carbocycles. The molecule has 0 radical (unpaired) electrons. The Labute approximate surface area is 86.7 Å². The van der Waals surface area contributed by atoms with Crippen molar-refractivity contribution in [1.82, 2.24) is 0 Å². The summed E-state index contributed by atoms with van der Waals surface area (Å²) in [5.74, 6) is -0.0663. The van der Waals surface area contributed by atoms with Crippen LogP contribution in [-0.4, -0.2) is 29.4 Å². The fourth-order valence-corrected chi connectivity index (χ4v) is 1.08. The van der Waals surface area contributed by atoms with Crippen LogP contribution in [0.15, 0.2) is 18.2 Å². The van der Waals surface area contributed by atoms with Crippen molar-refractivity contribution in [1.29, 1.82) is 0 Å². The molecule has 0 unspecified atom stereocenters. The van der Waals surface area contributed by atoms with Gasteiger partial charge in [-0.3, -0.25) is 0 Å². The van der Waals surface area contributed by atoms with Crippen LogP contribution in [0, 0.1) is 0 Å². The number of carbonyl (C=O) groups is 1. The van der Waals surface area contributed by atoms with E-state index in [4.69, 9.17) is 10.8 Å². The normalized spacial score (nSPS) is 9.67. The lowest BCUT2D eigenvalue weighted by Crippen LogP contribution is -2.19. The van der Waals surface area contributed by atoms with Gasteiger partial charge in [0.1, 0.15) is 5.75 Å². The Morgan fingerprint density at radius 2 is 2.20 bits per heavy atom. The topological polar surface area (TPSA) is 108 Å². The third-order valence-electron chi connectivity index (χ3n) is 1.70. The van der Waals surface area contributed by atoms with E-state index in [0.717, 1.165) is 0 Å². The van der Waals surface area contributed by atoms with Gasteiger partial charge in [0, 0.05) is 12.2 Å². The third-order valence-corrected chi connectivity index (χ3v) is 1.70. The number of rotatable bonds is 4. The number of hydrogen-bond acceptors (Lipinski definition) is 4. The van der Waals surface area contributed by atoms with Gasteiger partial charge in [0.05, 0.1) is 12.3 Å². The molecule has 1 aromatic carbocycles. The molecule has 0 saturated heterocycles. The molecule has 0 aromatic heterocycles. The summed E-state index contributed by atoms with van der Waals surface area (Å²) >= 11 is 0. The highest BCUT2D eigenvalue weighted by Crippen LogP contribution is 2.26. The van der Waals surface area contributed by atoms with Crippen LogP contribution in [-0.2, 0) is 0 Å². The average molecular weight is 211 g/mol. The average Bonchev–Trinajstić information content (AvgIpc) is 2.18. The molecule has 1 rings (SSSR count). The Balaban J connectivity index is 2.80. The molecule has 6 heteroatoms. The summed E-state index contributed by atoms with van der Waals surface area (Å²) in [5, 5.41) is 23.1. The number of hydrogen-bond donors (Lipinski definition) is 5. The summed E-state index contributed by atoms with van der Waals surface area (Å²) in [6.45, 7) is 0.389. The molecule has 0 fully saturated rings. The van der Waals surface area contributed by atoms with E-state index < -0.39 is 6.03 Å². The number of primary amides is 1.